The van der Waals surface area contributed by atoms with E-state index in [0.29, 0.717) is 17.1 Å². The van der Waals surface area contributed by atoms with Crippen molar-refractivity contribution < 1.29 is 4.39 Å². The molecule has 2 heterocycles. The lowest BCUT2D eigenvalue weighted by atomic mass is 10.0. The van der Waals surface area contributed by atoms with Gasteiger partial charge in [-0.15, -0.1) is 0 Å². The molecule has 0 saturated carbocycles. The van der Waals surface area contributed by atoms with Crippen LogP contribution in [0.4, 0.5) is 4.39 Å². The summed E-state index contributed by atoms with van der Waals surface area (Å²) in [6.07, 6.45) is 3.39. The summed E-state index contributed by atoms with van der Waals surface area (Å²) in [5.41, 5.74) is 3.59. The maximum Gasteiger partial charge on any atom is 0.150 e. The Labute approximate surface area is 149 Å². The summed E-state index contributed by atoms with van der Waals surface area (Å²) in [7, 11) is 0. The number of aromatic nitrogens is 3. The maximum atomic E-state index is 14.7. The van der Waals surface area contributed by atoms with E-state index in [1.54, 1.807) is 31.5 Å². The predicted octanol–water partition coefficient (Wildman–Crippen LogP) is 4.68. The fourth-order valence-electron chi connectivity index (χ4n) is 2.90. The predicted molar refractivity (Wildman–Crippen MR) is 97.6 cm³/mol. The van der Waals surface area contributed by atoms with Crippen LogP contribution in [-0.2, 0) is 0 Å². The normalized spacial score (nSPS) is 10.7. The lowest BCUT2D eigenvalue weighted by Gasteiger charge is -2.11. The number of hydrogen-bond acceptors (Lipinski definition) is 4. The van der Waals surface area contributed by atoms with Crippen molar-refractivity contribution in [1.82, 2.24) is 15.0 Å². The standard InChI is InChI=1S/C21H13FN4/c1-13-12-25-20(15-7-8-18-14(10-15)5-3-9-24-18)21(26-13)17-6-2-4-16(11-23)19(17)22/h2-10,12H,1H3. The molecule has 0 N–H and O–H groups in total. The smallest absolute Gasteiger partial charge is 0.150 e. The molecule has 0 radical (unpaired) electrons. The van der Waals surface area contributed by atoms with Crippen molar-refractivity contribution >= 4 is 10.9 Å². The molecule has 2 aromatic carbocycles. The molecule has 5 heteroatoms. The zero-order valence-corrected chi connectivity index (χ0v) is 13.9. The monoisotopic (exact) mass is 340 g/mol. The molecule has 0 spiro atoms. The molecular formula is C21H13FN4. The van der Waals surface area contributed by atoms with Gasteiger partial charge in [-0.1, -0.05) is 18.2 Å². The van der Waals surface area contributed by atoms with Gasteiger partial charge in [0.2, 0.25) is 0 Å². The molecule has 4 aromatic rings. The Bertz CT molecular complexity index is 1180. The second kappa shape index (κ2) is 6.34. The van der Waals surface area contributed by atoms with Gasteiger partial charge in [-0.25, -0.2) is 9.37 Å². The molecule has 0 bridgehead atoms. The van der Waals surface area contributed by atoms with Crippen LogP contribution in [0, 0.1) is 24.1 Å². The molecule has 0 fully saturated rings. The van der Waals surface area contributed by atoms with Crippen LogP contribution in [0.15, 0.2) is 60.9 Å². The van der Waals surface area contributed by atoms with E-state index in [1.165, 1.54) is 6.07 Å². The van der Waals surface area contributed by atoms with Crippen LogP contribution in [-0.4, -0.2) is 15.0 Å². The number of fused-ring (bicyclic) bond motifs is 1. The van der Waals surface area contributed by atoms with Crippen molar-refractivity contribution in [1.29, 1.82) is 5.26 Å². The number of halogens is 1. The first-order chi connectivity index (χ1) is 12.7. The quantitative estimate of drug-likeness (QED) is 0.531. The molecule has 0 aliphatic heterocycles. The first-order valence-electron chi connectivity index (χ1n) is 8.05. The molecule has 4 nitrogen and oxygen atoms in total. The third-order valence-electron chi connectivity index (χ3n) is 4.14. The fraction of sp³-hybridized carbons (Fsp3) is 0.0476. The minimum atomic E-state index is -0.585. The van der Waals surface area contributed by atoms with E-state index in [0.717, 1.165) is 16.5 Å². The molecular weight excluding hydrogens is 327 g/mol. The largest absolute Gasteiger partial charge is 0.256 e. The summed E-state index contributed by atoms with van der Waals surface area (Å²) >= 11 is 0. The van der Waals surface area contributed by atoms with Gasteiger partial charge < -0.3 is 0 Å². The molecule has 2 aromatic heterocycles. The zero-order valence-electron chi connectivity index (χ0n) is 13.9. The Balaban J connectivity index is 1.97. The number of hydrogen-bond donors (Lipinski definition) is 0. The molecule has 26 heavy (non-hydrogen) atoms. The zero-order chi connectivity index (χ0) is 18.1. The average Bonchev–Trinajstić information content (AvgIpc) is 2.68. The maximum absolute atomic E-state index is 14.7. The highest BCUT2D eigenvalue weighted by Gasteiger charge is 2.17. The summed E-state index contributed by atoms with van der Waals surface area (Å²) in [6, 6.07) is 16.2. The molecule has 4 rings (SSSR count). The number of nitrogens with zero attached hydrogens (tertiary/aromatic N) is 4. The summed E-state index contributed by atoms with van der Waals surface area (Å²) < 4.78 is 14.7. The minimum absolute atomic E-state index is 0.0144. The van der Waals surface area contributed by atoms with Gasteiger partial charge in [-0.3, -0.25) is 9.97 Å². The van der Waals surface area contributed by atoms with Crippen LogP contribution < -0.4 is 0 Å². The first-order valence-corrected chi connectivity index (χ1v) is 8.05. The van der Waals surface area contributed by atoms with Crippen molar-refractivity contribution in [2.24, 2.45) is 0 Å². The first kappa shape index (κ1) is 15.9. The number of pyridine rings is 1. The van der Waals surface area contributed by atoms with Gasteiger partial charge in [0.25, 0.3) is 0 Å². The van der Waals surface area contributed by atoms with Crippen LogP contribution in [0.1, 0.15) is 11.3 Å². The average molecular weight is 340 g/mol. The molecule has 0 atom stereocenters. The highest BCUT2D eigenvalue weighted by atomic mass is 19.1. The Morgan fingerprint density at radius 2 is 1.88 bits per heavy atom. The number of rotatable bonds is 2. The Morgan fingerprint density at radius 1 is 1.00 bits per heavy atom. The Hall–Kier alpha value is -3.65. The SMILES string of the molecule is Cc1cnc(-c2ccc3ncccc3c2)c(-c2cccc(C#N)c2F)n1. The summed E-state index contributed by atoms with van der Waals surface area (Å²) in [5.74, 6) is -0.585. The van der Waals surface area contributed by atoms with E-state index in [9.17, 15) is 4.39 Å². The lowest BCUT2D eigenvalue weighted by molar-refractivity contribution is 0.626. The van der Waals surface area contributed by atoms with E-state index in [4.69, 9.17) is 5.26 Å². The molecule has 0 amide bonds. The number of aryl methyl sites for hydroxylation is 1. The van der Waals surface area contributed by atoms with Crippen molar-refractivity contribution in [2.45, 2.75) is 6.92 Å². The second-order valence-corrected chi connectivity index (χ2v) is 5.90. The van der Waals surface area contributed by atoms with Crippen LogP contribution in [0.5, 0.6) is 0 Å². The van der Waals surface area contributed by atoms with Gasteiger partial charge in [0.1, 0.15) is 11.9 Å². The van der Waals surface area contributed by atoms with E-state index >= 15 is 0 Å². The van der Waals surface area contributed by atoms with Crippen molar-refractivity contribution in [3.05, 3.63) is 78.0 Å². The van der Waals surface area contributed by atoms with Gasteiger partial charge in [0, 0.05) is 28.9 Å². The molecule has 0 unspecified atom stereocenters. The van der Waals surface area contributed by atoms with E-state index in [1.807, 2.05) is 36.4 Å². The number of nitriles is 1. The van der Waals surface area contributed by atoms with Crippen LogP contribution in [0.3, 0.4) is 0 Å². The number of benzene rings is 2. The van der Waals surface area contributed by atoms with Gasteiger partial charge in [0.15, 0.2) is 0 Å². The molecule has 0 saturated heterocycles. The van der Waals surface area contributed by atoms with Gasteiger partial charge in [-0.2, -0.15) is 5.26 Å². The fourth-order valence-corrected chi connectivity index (χ4v) is 2.90. The van der Waals surface area contributed by atoms with Gasteiger partial charge in [-0.05, 0) is 37.3 Å². The van der Waals surface area contributed by atoms with Gasteiger partial charge in [0.05, 0.1) is 28.2 Å². The molecule has 124 valence electrons. The Kier molecular flexibility index (Phi) is 3.86. The minimum Gasteiger partial charge on any atom is -0.256 e. The highest BCUT2D eigenvalue weighted by Crippen LogP contribution is 2.32. The topological polar surface area (TPSA) is 62.5 Å². The summed E-state index contributed by atoms with van der Waals surface area (Å²) in [4.78, 5) is 13.3. The van der Waals surface area contributed by atoms with Crippen LogP contribution in [0.25, 0.3) is 33.4 Å². The van der Waals surface area contributed by atoms with Crippen molar-refractivity contribution in [3.8, 4) is 28.6 Å². The second-order valence-electron chi connectivity index (χ2n) is 5.90. The van der Waals surface area contributed by atoms with Crippen molar-refractivity contribution in [2.75, 3.05) is 0 Å². The van der Waals surface area contributed by atoms with E-state index < -0.39 is 5.82 Å². The third-order valence-corrected chi connectivity index (χ3v) is 4.14. The third kappa shape index (κ3) is 2.68. The summed E-state index contributed by atoms with van der Waals surface area (Å²) in [5, 5.41) is 10.1. The van der Waals surface area contributed by atoms with Crippen LogP contribution >= 0.6 is 0 Å². The van der Waals surface area contributed by atoms with E-state index in [2.05, 4.69) is 15.0 Å². The highest BCUT2D eigenvalue weighted by molar-refractivity contribution is 5.87. The van der Waals surface area contributed by atoms with Crippen molar-refractivity contribution in [3.63, 3.8) is 0 Å². The summed E-state index contributed by atoms with van der Waals surface area (Å²) in [6.45, 7) is 1.80. The lowest BCUT2D eigenvalue weighted by Crippen LogP contribution is -1.99. The Morgan fingerprint density at radius 3 is 2.73 bits per heavy atom. The van der Waals surface area contributed by atoms with E-state index in [-0.39, 0.29) is 11.1 Å². The molecule has 0 aliphatic carbocycles. The van der Waals surface area contributed by atoms with Gasteiger partial charge >= 0.3 is 0 Å². The van der Waals surface area contributed by atoms with Crippen LogP contribution in [0.2, 0.25) is 0 Å². The molecule has 0 aliphatic rings.